The second-order valence-corrected chi connectivity index (χ2v) is 7.43. The third kappa shape index (κ3) is 2.69. The average Bonchev–Trinajstić information content (AvgIpc) is 2.74. The third-order valence-corrected chi connectivity index (χ3v) is 4.61. The summed E-state index contributed by atoms with van der Waals surface area (Å²) < 4.78 is 0. The summed E-state index contributed by atoms with van der Waals surface area (Å²) in [5.41, 5.74) is 3.87. The number of allylic oxidation sites excluding steroid dienone is 1. The van der Waals surface area contributed by atoms with Crippen molar-refractivity contribution in [2.45, 2.75) is 51.6 Å². The molecule has 0 bridgehead atoms. The van der Waals surface area contributed by atoms with Crippen LogP contribution in [0.3, 0.4) is 0 Å². The Morgan fingerprint density at radius 2 is 2.00 bits per heavy atom. The van der Waals surface area contributed by atoms with Gasteiger partial charge in [-0.1, -0.05) is 44.9 Å². The Hall–Kier alpha value is -2.04. The summed E-state index contributed by atoms with van der Waals surface area (Å²) in [5, 5.41) is 2.75. The van der Waals surface area contributed by atoms with Gasteiger partial charge in [0.15, 0.2) is 0 Å². The lowest BCUT2D eigenvalue weighted by molar-refractivity contribution is -0.126. The molecule has 2 aliphatic rings. The Morgan fingerprint density at radius 1 is 1.30 bits per heavy atom. The van der Waals surface area contributed by atoms with Crippen molar-refractivity contribution >= 4 is 25.1 Å². The summed E-state index contributed by atoms with van der Waals surface area (Å²) in [5.74, 6) is -0.258. The summed E-state index contributed by atoms with van der Waals surface area (Å²) in [6.07, 6.45) is 1.32. The van der Waals surface area contributed by atoms with Crippen LogP contribution in [0.25, 0.3) is 0 Å². The predicted octanol–water partition coefficient (Wildman–Crippen LogP) is 1.53. The Bertz CT molecular complexity index is 718. The van der Waals surface area contributed by atoms with Crippen LogP contribution in [-0.4, -0.2) is 30.6 Å². The minimum absolute atomic E-state index is 0.0878. The largest absolute Gasteiger partial charge is 0.329 e. The van der Waals surface area contributed by atoms with Gasteiger partial charge in [-0.2, -0.15) is 0 Å². The minimum atomic E-state index is -0.431. The number of rotatable bonds is 1. The van der Waals surface area contributed by atoms with Crippen molar-refractivity contribution in [1.82, 2.24) is 10.2 Å². The molecule has 0 saturated carbocycles. The van der Waals surface area contributed by atoms with E-state index < -0.39 is 6.04 Å². The molecule has 1 fully saturated rings. The monoisotopic (exact) mass is 308 g/mol. The van der Waals surface area contributed by atoms with Crippen molar-refractivity contribution < 1.29 is 9.59 Å². The number of carbonyl (C=O) groups is 2. The number of benzene rings is 1. The molecule has 1 unspecified atom stereocenters. The van der Waals surface area contributed by atoms with Crippen molar-refractivity contribution in [2.75, 3.05) is 0 Å². The smallest absolute Gasteiger partial charge is 0.255 e. The van der Waals surface area contributed by atoms with Crippen LogP contribution in [0.15, 0.2) is 24.4 Å². The first kappa shape index (κ1) is 15.8. The molecule has 1 aromatic rings. The van der Waals surface area contributed by atoms with E-state index in [9.17, 15) is 9.59 Å². The van der Waals surface area contributed by atoms with Crippen molar-refractivity contribution in [3.63, 3.8) is 0 Å². The number of hydrogen-bond acceptors (Lipinski definition) is 2. The Balaban J connectivity index is 1.93. The highest BCUT2D eigenvalue weighted by Gasteiger charge is 2.38. The molecule has 2 radical (unpaired) electrons. The van der Waals surface area contributed by atoms with Gasteiger partial charge in [0.1, 0.15) is 13.9 Å². The highest BCUT2D eigenvalue weighted by molar-refractivity contribution is 6.34. The van der Waals surface area contributed by atoms with E-state index >= 15 is 0 Å². The molecular weight excluding hydrogens is 287 g/mol. The first-order valence-corrected chi connectivity index (χ1v) is 7.91. The SMILES string of the molecule is [B]c1cc2c(cc1C(C)(C)C)CN(C1CCC(=C)NC1=O)C2=O. The van der Waals surface area contributed by atoms with Crippen LogP contribution in [0, 0.1) is 0 Å². The molecule has 1 N–H and O–H groups in total. The Kier molecular flexibility index (Phi) is 3.62. The maximum absolute atomic E-state index is 12.7. The standard InChI is InChI=1S/C18H21BN2O2/c1-10-5-6-15(16(22)20-10)21-9-11-7-13(18(2,3)4)14(19)8-12(11)17(21)23/h7-8,15H,1,5-6,9H2,2-4H3,(H,20,22). The van der Waals surface area contributed by atoms with E-state index in [-0.39, 0.29) is 17.2 Å². The second-order valence-electron chi connectivity index (χ2n) is 7.43. The van der Waals surface area contributed by atoms with Gasteiger partial charge in [-0.15, -0.1) is 0 Å². The molecule has 0 aromatic heterocycles. The van der Waals surface area contributed by atoms with Gasteiger partial charge < -0.3 is 10.2 Å². The molecule has 1 aromatic carbocycles. The maximum atomic E-state index is 12.7. The average molecular weight is 308 g/mol. The van der Waals surface area contributed by atoms with Crippen LogP contribution >= 0.6 is 0 Å². The van der Waals surface area contributed by atoms with E-state index in [1.165, 1.54) is 0 Å². The van der Waals surface area contributed by atoms with Crippen molar-refractivity contribution in [2.24, 2.45) is 0 Å². The lowest BCUT2D eigenvalue weighted by Gasteiger charge is -2.30. The highest BCUT2D eigenvalue weighted by Crippen LogP contribution is 2.31. The molecule has 23 heavy (non-hydrogen) atoms. The second kappa shape index (κ2) is 5.26. The van der Waals surface area contributed by atoms with Gasteiger partial charge in [0.05, 0.1) is 0 Å². The van der Waals surface area contributed by atoms with Crippen LogP contribution in [0.2, 0.25) is 0 Å². The highest BCUT2D eigenvalue weighted by atomic mass is 16.2. The number of piperidine rings is 1. The van der Waals surface area contributed by atoms with Crippen LogP contribution in [0.1, 0.15) is 55.1 Å². The Morgan fingerprint density at radius 3 is 2.61 bits per heavy atom. The molecular formula is C18H21BN2O2. The lowest BCUT2D eigenvalue weighted by atomic mass is 9.76. The summed E-state index contributed by atoms with van der Waals surface area (Å²) in [7, 11) is 6.15. The number of hydrogen-bond donors (Lipinski definition) is 1. The summed E-state index contributed by atoms with van der Waals surface area (Å²) in [6, 6.07) is 3.35. The Labute approximate surface area is 138 Å². The topological polar surface area (TPSA) is 49.4 Å². The fraction of sp³-hybridized carbons (Fsp3) is 0.444. The molecule has 1 saturated heterocycles. The molecule has 118 valence electrons. The fourth-order valence-corrected chi connectivity index (χ4v) is 3.36. The zero-order chi connectivity index (χ0) is 16.9. The summed E-state index contributed by atoms with van der Waals surface area (Å²) >= 11 is 0. The van der Waals surface area contributed by atoms with E-state index in [1.54, 1.807) is 11.0 Å². The quantitative estimate of drug-likeness (QED) is 0.800. The lowest BCUT2D eigenvalue weighted by Crippen LogP contribution is -2.49. The normalized spacial score (nSPS) is 21.4. The van der Waals surface area contributed by atoms with E-state index in [1.807, 2.05) is 6.07 Å². The van der Waals surface area contributed by atoms with Gasteiger partial charge in [-0.3, -0.25) is 9.59 Å². The molecule has 0 aliphatic carbocycles. The molecule has 2 amide bonds. The predicted molar refractivity (Wildman–Crippen MR) is 90.7 cm³/mol. The first-order chi connectivity index (χ1) is 10.7. The van der Waals surface area contributed by atoms with E-state index in [0.717, 1.165) is 16.8 Å². The zero-order valence-corrected chi connectivity index (χ0v) is 13.9. The number of fused-ring (bicyclic) bond motifs is 1. The number of amides is 2. The van der Waals surface area contributed by atoms with Gasteiger partial charge in [0.25, 0.3) is 5.91 Å². The van der Waals surface area contributed by atoms with E-state index in [0.29, 0.717) is 30.4 Å². The summed E-state index contributed by atoms with van der Waals surface area (Å²) in [6.45, 7) is 10.5. The molecule has 5 heteroatoms. The van der Waals surface area contributed by atoms with Gasteiger partial charge in [0, 0.05) is 17.8 Å². The van der Waals surface area contributed by atoms with Gasteiger partial charge >= 0.3 is 0 Å². The van der Waals surface area contributed by atoms with Crippen LogP contribution in [0.5, 0.6) is 0 Å². The van der Waals surface area contributed by atoms with Crippen LogP contribution in [-0.2, 0) is 16.8 Å². The molecule has 2 heterocycles. The van der Waals surface area contributed by atoms with Crippen molar-refractivity contribution in [1.29, 1.82) is 0 Å². The van der Waals surface area contributed by atoms with Crippen LogP contribution in [0.4, 0.5) is 0 Å². The minimum Gasteiger partial charge on any atom is -0.329 e. The number of nitrogens with zero attached hydrogens (tertiary/aromatic N) is 1. The van der Waals surface area contributed by atoms with Crippen LogP contribution < -0.4 is 10.8 Å². The van der Waals surface area contributed by atoms with Crippen molar-refractivity contribution in [3.8, 4) is 0 Å². The molecule has 2 aliphatic heterocycles. The fourth-order valence-electron chi connectivity index (χ4n) is 3.36. The molecule has 3 rings (SSSR count). The maximum Gasteiger partial charge on any atom is 0.255 e. The van der Waals surface area contributed by atoms with E-state index in [2.05, 4.69) is 32.7 Å². The van der Waals surface area contributed by atoms with E-state index in [4.69, 9.17) is 7.85 Å². The number of nitrogens with one attached hydrogen (secondary N) is 1. The van der Waals surface area contributed by atoms with Crippen molar-refractivity contribution in [3.05, 3.63) is 41.1 Å². The molecule has 0 spiro atoms. The van der Waals surface area contributed by atoms with Gasteiger partial charge in [-0.05, 0) is 29.4 Å². The third-order valence-electron chi connectivity index (χ3n) is 4.61. The molecule has 4 nitrogen and oxygen atoms in total. The van der Waals surface area contributed by atoms with Gasteiger partial charge in [-0.25, -0.2) is 0 Å². The zero-order valence-electron chi connectivity index (χ0n) is 13.9. The number of carbonyl (C=O) groups excluding carboxylic acids is 2. The molecule has 1 atom stereocenters. The first-order valence-electron chi connectivity index (χ1n) is 7.91. The summed E-state index contributed by atoms with van der Waals surface area (Å²) in [4.78, 5) is 26.5. The van der Waals surface area contributed by atoms with Gasteiger partial charge in [0.2, 0.25) is 5.91 Å².